The Hall–Kier alpha value is -2.05. The SMILES string of the molecule is COc1ccc(C2=NN(C3CCN(C(C)C)CC3)C(=O)C3CC=CCC23)cc1OC.Cl. The van der Waals surface area contributed by atoms with Crippen molar-refractivity contribution in [3.05, 3.63) is 35.9 Å². The van der Waals surface area contributed by atoms with Crippen molar-refractivity contribution in [1.82, 2.24) is 9.91 Å². The first-order valence-corrected chi connectivity index (χ1v) is 11.1. The van der Waals surface area contributed by atoms with Crippen molar-refractivity contribution in [2.75, 3.05) is 27.3 Å². The van der Waals surface area contributed by atoms with E-state index in [0.29, 0.717) is 17.5 Å². The van der Waals surface area contributed by atoms with Crippen LogP contribution >= 0.6 is 12.4 Å². The highest BCUT2D eigenvalue weighted by Crippen LogP contribution is 2.38. The average molecular weight is 448 g/mol. The summed E-state index contributed by atoms with van der Waals surface area (Å²) >= 11 is 0. The Labute approximate surface area is 191 Å². The predicted molar refractivity (Wildman–Crippen MR) is 125 cm³/mol. The molecule has 1 aromatic carbocycles. The van der Waals surface area contributed by atoms with Gasteiger partial charge in [0.05, 0.1) is 31.9 Å². The van der Waals surface area contributed by atoms with Crippen LogP contribution in [0.2, 0.25) is 0 Å². The summed E-state index contributed by atoms with van der Waals surface area (Å²) < 4.78 is 10.9. The van der Waals surface area contributed by atoms with E-state index in [1.807, 2.05) is 23.2 Å². The molecule has 1 fully saturated rings. The fourth-order valence-electron chi connectivity index (χ4n) is 4.97. The number of hydrazone groups is 1. The Morgan fingerprint density at radius 2 is 1.65 bits per heavy atom. The second kappa shape index (κ2) is 10.0. The van der Waals surface area contributed by atoms with Gasteiger partial charge in [-0.15, -0.1) is 12.4 Å². The van der Waals surface area contributed by atoms with Crippen molar-refractivity contribution in [2.45, 2.75) is 51.6 Å². The van der Waals surface area contributed by atoms with E-state index >= 15 is 0 Å². The van der Waals surface area contributed by atoms with Crippen LogP contribution in [0.1, 0.15) is 45.1 Å². The van der Waals surface area contributed by atoms with Crippen LogP contribution in [-0.2, 0) is 4.79 Å². The number of allylic oxidation sites excluding steroid dienone is 2. The Kier molecular flexibility index (Phi) is 7.65. The van der Waals surface area contributed by atoms with Gasteiger partial charge in [-0.05, 0) is 57.7 Å². The second-order valence-corrected chi connectivity index (χ2v) is 8.75. The number of likely N-dealkylation sites (tertiary alicyclic amines) is 1. The molecule has 4 rings (SSSR count). The van der Waals surface area contributed by atoms with Crippen LogP contribution in [-0.4, -0.2) is 60.9 Å². The molecule has 1 aliphatic carbocycles. The molecule has 3 aliphatic rings. The molecule has 6 nitrogen and oxygen atoms in total. The van der Waals surface area contributed by atoms with Gasteiger partial charge in [-0.3, -0.25) is 4.79 Å². The minimum Gasteiger partial charge on any atom is -0.493 e. The third-order valence-corrected chi connectivity index (χ3v) is 6.80. The normalized spacial score (nSPS) is 24.5. The first-order chi connectivity index (χ1) is 14.5. The van der Waals surface area contributed by atoms with E-state index in [0.717, 1.165) is 50.0 Å². The van der Waals surface area contributed by atoms with Gasteiger partial charge >= 0.3 is 0 Å². The number of amides is 1. The maximum absolute atomic E-state index is 13.4. The van der Waals surface area contributed by atoms with Gasteiger partial charge in [-0.25, -0.2) is 5.01 Å². The first-order valence-electron chi connectivity index (χ1n) is 11.1. The molecule has 0 radical (unpaired) electrons. The third-order valence-electron chi connectivity index (χ3n) is 6.80. The van der Waals surface area contributed by atoms with Gasteiger partial charge in [-0.1, -0.05) is 12.2 Å². The van der Waals surface area contributed by atoms with Crippen LogP contribution in [0.5, 0.6) is 11.5 Å². The number of carbonyl (C=O) groups is 1. The van der Waals surface area contributed by atoms with Crippen LogP contribution < -0.4 is 9.47 Å². The minimum absolute atomic E-state index is 0. The molecule has 0 spiro atoms. The quantitative estimate of drug-likeness (QED) is 0.637. The molecule has 2 aliphatic heterocycles. The number of ether oxygens (including phenoxy) is 2. The van der Waals surface area contributed by atoms with Crippen LogP contribution in [0.15, 0.2) is 35.5 Å². The van der Waals surface area contributed by atoms with Crippen molar-refractivity contribution in [2.24, 2.45) is 16.9 Å². The summed E-state index contributed by atoms with van der Waals surface area (Å²) in [7, 11) is 3.29. The fourth-order valence-corrected chi connectivity index (χ4v) is 4.97. The van der Waals surface area contributed by atoms with Crippen molar-refractivity contribution >= 4 is 24.0 Å². The summed E-state index contributed by atoms with van der Waals surface area (Å²) in [5.74, 6) is 1.67. The van der Waals surface area contributed by atoms with Crippen molar-refractivity contribution < 1.29 is 14.3 Å². The van der Waals surface area contributed by atoms with Gasteiger partial charge in [-0.2, -0.15) is 5.10 Å². The summed E-state index contributed by atoms with van der Waals surface area (Å²) in [6, 6.07) is 6.66. The number of carbonyl (C=O) groups excluding carboxylic acids is 1. The molecular weight excluding hydrogens is 414 g/mol. The molecule has 31 heavy (non-hydrogen) atoms. The van der Waals surface area contributed by atoms with E-state index < -0.39 is 0 Å². The first kappa shape index (κ1) is 23.6. The Morgan fingerprint density at radius 3 is 2.26 bits per heavy atom. The monoisotopic (exact) mass is 447 g/mol. The molecule has 2 heterocycles. The molecule has 2 unspecified atom stereocenters. The highest BCUT2D eigenvalue weighted by molar-refractivity contribution is 6.07. The molecule has 1 saturated heterocycles. The van der Waals surface area contributed by atoms with E-state index in [9.17, 15) is 4.79 Å². The number of benzene rings is 1. The number of piperidine rings is 1. The van der Waals surface area contributed by atoms with Crippen LogP contribution in [0, 0.1) is 11.8 Å². The number of rotatable bonds is 5. The van der Waals surface area contributed by atoms with Gasteiger partial charge < -0.3 is 14.4 Å². The van der Waals surface area contributed by atoms with Gasteiger partial charge in [0.1, 0.15) is 0 Å². The Balaban J connectivity index is 0.00000272. The summed E-state index contributed by atoms with van der Waals surface area (Å²) in [5.41, 5.74) is 2.01. The Morgan fingerprint density at radius 1 is 1.00 bits per heavy atom. The molecule has 0 bridgehead atoms. The van der Waals surface area contributed by atoms with Crippen molar-refractivity contribution in [3.8, 4) is 11.5 Å². The standard InChI is InChI=1S/C24H33N3O3.ClH/c1-16(2)26-13-11-18(12-14-26)27-24(28)20-8-6-5-7-19(20)23(25-27)17-9-10-21(29-3)22(15-17)30-4;/h5-6,9-10,15-16,18-20H,7-8,11-14H2,1-4H3;1H. The third kappa shape index (κ3) is 4.60. The van der Waals surface area contributed by atoms with Crippen LogP contribution in [0.3, 0.4) is 0 Å². The molecule has 0 saturated carbocycles. The maximum atomic E-state index is 13.4. The highest BCUT2D eigenvalue weighted by atomic mass is 35.5. The smallest absolute Gasteiger partial charge is 0.247 e. The molecule has 170 valence electrons. The van der Waals surface area contributed by atoms with Gasteiger partial charge in [0.2, 0.25) is 5.91 Å². The van der Waals surface area contributed by atoms with E-state index in [1.165, 1.54) is 0 Å². The number of nitrogens with zero attached hydrogens (tertiary/aromatic N) is 3. The zero-order valence-corrected chi connectivity index (χ0v) is 19.7. The molecule has 1 amide bonds. The lowest BCUT2D eigenvalue weighted by Crippen LogP contribution is -2.52. The minimum atomic E-state index is -0.0290. The number of hydrogen-bond acceptors (Lipinski definition) is 5. The van der Waals surface area contributed by atoms with E-state index in [2.05, 4.69) is 30.9 Å². The predicted octanol–water partition coefficient (Wildman–Crippen LogP) is 4.13. The summed E-state index contributed by atoms with van der Waals surface area (Å²) in [4.78, 5) is 15.9. The maximum Gasteiger partial charge on any atom is 0.247 e. The van der Waals surface area contributed by atoms with E-state index in [4.69, 9.17) is 14.6 Å². The summed E-state index contributed by atoms with van der Waals surface area (Å²) in [5, 5.41) is 6.82. The molecule has 1 aromatic rings. The van der Waals surface area contributed by atoms with Crippen molar-refractivity contribution in [3.63, 3.8) is 0 Å². The second-order valence-electron chi connectivity index (χ2n) is 8.75. The molecule has 0 N–H and O–H groups in total. The van der Waals surface area contributed by atoms with Crippen LogP contribution in [0.4, 0.5) is 0 Å². The van der Waals surface area contributed by atoms with Crippen LogP contribution in [0.25, 0.3) is 0 Å². The number of methoxy groups -OCH3 is 2. The molecule has 7 heteroatoms. The average Bonchev–Trinajstić information content (AvgIpc) is 2.79. The van der Waals surface area contributed by atoms with Gasteiger partial charge in [0, 0.05) is 30.6 Å². The van der Waals surface area contributed by atoms with E-state index in [-0.39, 0.29) is 36.2 Å². The lowest BCUT2D eigenvalue weighted by molar-refractivity contribution is -0.141. The molecular formula is C24H34ClN3O3. The number of hydrogen-bond donors (Lipinski definition) is 0. The van der Waals surface area contributed by atoms with E-state index in [1.54, 1.807) is 14.2 Å². The lowest BCUT2D eigenvalue weighted by atomic mass is 9.76. The lowest BCUT2D eigenvalue weighted by Gasteiger charge is -2.43. The van der Waals surface area contributed by atoms with Crippen molar-refractivity contribution in [1.29, 1.82) is 0 Å². The molecule has 0 aromatic heterocycles. The molecule has 2 atom stereocenters. The zero-order valence-electron chi connectivity index (χ0n) is 18.9. The topological polar surface area (TPSA) is 54.4 Å². The largest absolute Gasteiger partial charge is 0.493 e. The fraction of sp³-hybridized carbons (Fsp3) is 0.583. The number of halogens is 1. The summed E-state index contributed by atoms with van der Waals surface area (Å²) in [6.07, 6.45) is 7.91. The summed E-state index contributed by atoms with van der Waals surface area (Å²) in [6.45, 7) is 6.50. The number of fused-ring (bicyclic) bond motifs is 1. The highest BCUT2D eigenvalue weighted by Gasteiger charge is 2.43. The van der Waals surface area contributed by atoms with Gasteiger partial charge in [0.15, 0.2) is 11.5 Å². The Bertz CT molecular complexity index is 846. The zero-order chi connectivity index (χ0) is 21.3. The van der Waals surface area contributed by atoms with Gasteiger partial charge in [0.25, 0.3) is 0 Å².